The third-order valence-electron chi connectivity index (χ3n) is 7.05. The minimum atomic E-state index is -0.473. The summed E-state index contributed by atoms with van der Waals surface area (Å²) in [7, 11) is 3.42. The highest BCUT2D eigenvalue weighted by Crippen LogP contribution is 2.59. The Balaban J connectivity index is 1.28. The van der Waals surface area contributed by atoms with Crippen LogP contribution in [0.5, 0.6) is 11.5 Å². The van der Waals surface area contributed by atoms with Crippen LogP contribution in [0.4, 0.5) is 15.9 Å². The topological polar surface area (TPSA) is 77.5 Å². The first kappa shape index (κ1) is 23.1. The van der Waals surface area contributed by atoms with Crippen molar-refractivity contribution < 1.29 is 18.6 Å². The van der Waals surface area contributed by atoms with Gasteiger partial charge in [-0.1, -0.05) is 11.6 Å². The van der Waals surface area contributed by atoms with Gasteiger partial charge in [-0.05, 0) is 49.4 Å². The zero-order valence-electron chi connectivity index (χ0n) is 19.2. The average Bonchev–Trinajstić information content (AvgIpc) is 3.37. The maximum Gasteiger partial charge on any atom is 0.162 e. The van der Waals surface area contributed by atoms with Crippen molar-refractivity contribution in [2.45, 2.75) is 25.4 Å². The lowest BCUT2D eigenvalue weighted by atomic mass is 9.97. The van der Waals surface area contributed by atoms with Crippen molar-refractivity contribution in [3.8, 4) is 11.5 Å². The SMILES string of the molecule is COc1cc2ncnc(Nc3ccc(F)c(Cl)c3)c2cc1OCCCC1CC12CNCC2OC. The number of halogens is 2. The van der Waals surface area contributed by atoms with E-state index in [1.54, 1.807) is 20.3 Å². The molecule has 2 aromatic carbocycles. The fraction of sp³-hybridized carbons (Fsp3) is 0.440. The molecule has 1 saturated heterocycles. The lowest BCUT2D eigenvalue weighted by Gasteiger charge is -2.17. The van der Waals surface area contributed by atoms with Crippen LogP contribution in [-0.4, -0.2) is 50.0 Å². The van der Waals surface area contributed by atoms with Gasteiger partial charge in [0.25, 0.3) is 0 Å². The number of anilines is 2. The zero-order chi connectivity index (χ0) is 23.7. The number of rotatable bonds is 9. The van der Waals surface area contributed by atoms with E-state index in [0.29, 0.717) is 52.6 Å². The van der Waals surface area contributed by atoms with Crippen LogP contribution in [0, 0.1) is 17.2 Å². The Morgan fingerprint density at radius 3 is 2.88 bits per heavy atom. The van der Waals surface area contributed by atoms with E-state index < -0.39 is 5.82 Å². The second kappa shape index (κ2) is 9.52. The van der Waals surface area contributed by atoms with Crippen LogP contribution in [0.15, 0.2) is 36.7 Å². The molecule has 2 N–H and O–H groups in total. The van der Waals surface area contributed by atoms with Crippen molar-refractivity contribution in [3.63, 3.8) is 0 Å². The summed E-state index contributed by atoms with van der Waals surface area (Å²) in [5, 5.41) is 7.46. The molecular formula is C25H28ClFN4O3. The predicted octanol–water partition coefficient (Wildman–Crippen LogP) is 4.96. The molecule has 34 heavy (non-hydrogen) atoms. The van der Waals surface area contributed by atoms with Crippen LogP contribution in [0.25, 0.3) is 10.9 Å². The van der Waals surface area contributed by atoms with Crippen molar-refractivity contribution >= 4 is 34.0 Å². The van der Waals surface area contributed by atoms with Crippen molar-refractivity contribution in [2.24, 2.45) is 11.3 Å². The quantitative estimate of drug-likeness (QED) is 0.414. The van der Waals surface area contributed by atoms with Gasteiger partial charge >= 0.3 is 0 Å². The summed E-state index contributed by atoms with van der Waals surface area (Å²) in [6.45, 7) is 2.58. The molecule has 0 bridgehead atoms. The van der Waals surface area contributed by atoms with Crippen LogP contribution in [-0.2, 0) is 4.74 Å². The molecule has 1 saturated carbocycles. The van der Waals surface area contributed by atoms with Crippen molar-refractivity contribution in [1.29, 1.82) is 0 Å². The molecule has 1 aliphatic heterocycles. The summed E-state index contributed by atoms with van der Waals surface area (Å²) in [6, 6.07) is 8.14. The van der Waals surface area contributed by atoms with E-state index >= 15 is 0 Å². The van der Waals surface area contributed by atoms with E-state index in [2.05, 4.69) is 20.6 Å². The van der Waals surface area contributed by atoms with Gasteiger partial charge in [0.05, 0.1) is 30.4 Å². The van der Waals surface area contributed by atoms with Crippen LogP contribution in [0.2, 0.25) is 5.02 Å². The van der Waals surface area contributed by atoms with Gasteiger partial charge in [-0.15, -0.1) is 0 Å². The molecule has 3 aromatic rings. The fourth-order valence-corrected chi connectivity index (χ4v) is 5.31. The Kier molecular flexibility index (Phi) is 6.46. The Morgan fingerprint density at radius 2 is 2.09 bits per heavy atom. The summed E-state index contributed by atoms with van der Waals surface area (Å²) >= 11 is 5.92. The van der Waals surface area contributed by atoms with Gasteiger partial charge in [0.15, 0.2) is 11.5 Å². The molecule has 2 aliphatic rings. The van der Waals surface area contributed by atoms with Gasteiger partial charge in [-0.25, -0.2) is 14.4 Å². The standard InChI is InChI=1S/C25H28ClFN4O3/c1-32-21-10-20-17(24(30-14-29-20)31-16-5-6-19(27)18(26)8-16)9-22(21)34-7-3-4-15-11-25(15)13-28-12-23(25)33-2/h5-6,8-10,14-15,23,28H,3-4,7,11-13H2,1-2H3,(H,29,30,31). The van der Waals surface area contributed by atoms with E-state index in [1.165, 1.54) is 24.9 Å². The number of nitrogens with zero attached hydrogens (tertiary/aromatic N) is 2. The van der Waals surface area contributed by atoms with Gasteiger partial charge in [-0.2, -0.15) is 0 Å². The van der Waals surface area contributed by atoms with Gasteiger partial charge in [0.2, 0.25) is 0 Å². The fourth-order valence-electron chi connectivity index (χ4n) is 5.13. The van der Waals surface area contributed by atoms with Crippen LogP contribution in [0.1, 0.15) is 19.3 Å². The van der Waals surface area contributed by atoms with E-state index in [-0.39, 0.29) is 5.02 Å². The van der Waals surface area contributed by atoms with E-state index in [1.807, 2.05) is 12.1 Å². The van der Waals surface area contributed by atoms with Crippen LogP contribution < -0.4 is 20.1 Å². The number of methoxy groups -OCH3 is 2. The van der Waals surface area contributed by atoms with E-state index in [9.17, 15) is 4.39 Å². The molecule has 7 nitrogen and oxygen atoms in total. The molecule has 0 amide bonds. The molecule has 3 unspecified atom stereocenters. The van der Waals surface area contributed by atoms with Crippen molar-refractivity contribution in [1.82, 2.24) is 15.3 Å². The summed E-state index contributed by atoms with van der Waals surface area (Å²) in [5.74, 6) is 2.03. The number of benzene rings is 2. The highest BCUT2D eigenvalue weighted by Gasteiger charge is 2.60. The monoisotopic (exact) mass is 486 g/mol. The number of hydrogen-bond acceptors (Lipinski definition) is 7. The lowest BCUT2D eigenvalue weighted by molar-refractivity contribution is 0.0654. The molecule has 1 aromatic heterocycles. The summed E-state index contributed by atoms with van der Waals surface area (Å²) in [4.78, 5) is 8.72. The predicted molar refractivity (Wildman–Crippen MR) is 130 cm³/mol. The zero-order valence-corrected chi connectivity index (χ0v) is 20.0. The Labute approximate surface area is 203 Å². The first-order chi connectivity index (χ1) is 16.5. The number of aromatic nitrogens is 2. The lowest BCUT2D eigenvalue weighted by Crippen LogP contribution is -2.24. The minimum absolute atomic E-state index is 0.0386. The highest BCUT2D eigenvalue weighted by molar-refractivity contribution is 6.31. The van der Waals surface area contributed by atoms with Crippen molar-refractivity contribution in [2.75, 3.05) is 39.2 Å². The summed E-state index contributed by atoms with van der Waals surface area (Å²) in [6.07, 6.45) is 5.07. The molecule has 1 spiro atoms. The molecule has 1 aliphatic carbocycles. The van der Waals surface area contributed by atoms with Gasteiger partial charge in [-0.3, -0.25) is 0 Å². The molecule has 3 atom stereocenters. The number of ether oxygens (including phenoxy) is 3. The maximum atomic E-state index is 13.5. The van der Waals surface area contributed by atoms with Gasteiger partial charge in [0, 0.05) is 42.8 Å². The average molecular weight is 487 g/mol. The third-order valence-corrected chi connectivity index (χ3v) is 7.34. The first-order valence-corrected chi connectivity index (χ1v) is 11.8. The van der Waals surface area contributed by atoms with Gasteiger partial charge in [0.1, 0.15) is 18.0 Å². The molecule has 2 heterocycles. The summed E-state index contributed by atoms with van der Waals surface area (Å²) in [5.41, 5.74) is 1.64. The number of hydrogen-bond donors (Lipinski definition) is 2. The Morgan fingerprint density at radius 1 is 1.21 bits per heavy atom. The summed E-state index contributed by atoms with van der Waals surface area (Å²) < 4.78 is 30.9. The molecule has 9 heteroatoms. The van der Waals surface area contributed by atoms with E-state index in [0.717, 1.165) is 31.3 Å². The Hall–Kier alpha value is -2.68. The Bertz CT molecular complexity index is 1200. The van der Waals surface area contributed by atoms with Crippen LogP contribution >= 0.6 is 11.6 Å². The first-order valence-electron chi connectivity index (χ1n) is 11.4. The minimum Gasteiger partial charge on any atom is -0.493 e. The maximum absolute atomic E-state index is 13.5. The third kappa shape index (κ3) is 4.37. The molecule has 5 rings (SSSR count). The second-order valence-electron chi connectivity index (χ2n) is 8.98. The smallest absolute Gasteiger partial charge is 0.162 e. The molecule has 180 valence electrons. The van der Waals surface area contributed by atoms with Crippen LogP contribution in [0.3, 0.4) is 0 Å². The van der Waals surface area contributed by atoms with E-state index in [4.69, 9.17) is 25.8 Å². The normalized spacial score (nSPS) is 23.4. The number of nitrogens with one attached hydrogen (secondary N) is 2. The largest absolute Gasteiger partial charge is 0.493 e. The second-order valence-corrected chi connectivity index (χ2v) is 9.38. The van der Waals surface area contributed by atoms with Crippen molar-refractivity contribution in [3.05, 3.63) is 47.5 Å². The molecular weight excluding hydrogens is 459 g/mol. The molecule has 0 radical (unpaired) electrons. The highest BCUT2D eigenvalue weighted by atomic mass is 35.5. The number of fused-ring (bicyclic) bond motifs is 1. The molecule has 2 fully saturated rings. The van der Waals surface area contributed by atoms with Gasteiger partial charge < -0.3 is 24.8 Å².